The van der Waals surface area contributed by atoms with Crippen molar-refractivity contribution in [3.05, 3.63) is 209 Å². The van der Waals surface area contributed by atoms with Gasteiger partial charge in [0.25, 0.3) is 0 Å². The third-order valence-electron chi connectivity index (χ3n) is 26.4. The zero-order valence-electron chi connectivity index (χ0n) is 67.2. The molecule has 107 heavy (non-hydrogen) atoms. The Balaban J connectivity index is 0.991. The van der Waals surface area contributed by atoms with E-state index in [1.54, 1.807) is 22.3 Å². The van der Waals surface area contributed by atoms with Gasteiger partial charge in [-0.25, -0.2) is 0 Å². The van der Waals surface area contributed by atoms with E-state index in [4.69, 9.17) is 8.83 Å². The number of benzene rings is 9. The Morgan fingerprint density at radius 2 is 0.636 bits per heavy atom. The van der Waals surface area contributed by atoms with E-state index in [9.17, 15) is 0 Å². The van der Waals surface area contributed by atoms with Gasteiger partial charge in [0, 0.05) is 60.4 Å². The topological polar surface area (TPSA) is 29.5 Å². The molecule has 2 aromatic heterocycles. The molecule has 11 aromatic rings. The normalized spacial score (nSPS) is 14.2. The Morgan fingerprint density at radius 3 is 1.15 bits per heavy atom. The summed E-state index contributed by atoms with van der Waals surface area (Å²) in [5.41, 5.74) is 29.2. The Morgan fingerprint density at radius 1 is 0.262 bits per heavy atom. The fourth-order valence-electron chi connectivity index (χ4n) is 20.7. The Bertz CT molecular complexity index is 4680. The molecule has 3 aliphatic rings. The first-order valence-corrected chi connectivity index (χ1v) is 44.1. The largest absolute Gasteiger partial charge is 0.456 e. The molecule has 0 atom stereocenters. The average molecular weight is 1430 g/mol. The predicted octanol–water partition coefficient (Wildman–Crippen LogP) is 33.5. The molecule has 14 rings (SSSR count). The van der Waals surface area contributed by atoms with Crippen LogP contribution in [0.1, 0.15) is 337 Å². The highest BCUT2D eigenvalue weighted by Gasteiger charge is 2.50. The first-order valence-electron chi connectivity index (χ1n) is 44.1. The number of para-hydroxylation sites is 2. The van der Waals surface area contributed by atoms with E-state index in [1.165, 1.54) is 331 Å². The number of rotatable bonds is 44. The van der Waals surface area contributed by atoms with Crippen molar-refractivity contribution < 1.29 is 8.83 Å². The highest BCUT2D eigenvalue weighted by molar-refractivity contribution is 6.19. The van der Waals surface area contributed by atoms with Gasteiger partial charge < -0.3 is 13.7 Å². The second kappa shape index (κ2) is 35.8. The van der Waals surface area contributed by atoms with Gasteiger partial charge in [0.1, 0.15) is 22.3 Å². The second-order valence-electron chi connectivity index (χ2n) is 33.7. The first kappa shape index (κ1) is 76.2. The van der Waals surface area contributed by atoms with Crippen LogP contribution in [-0.2, 0) is 16.2 Å². The number of furan rings is 2. The lowest BCUT2D eigenvalue weighted by molar-refractivity contribution is 0.394. The van der Waals surface area contributed by atoms with E-state index < -0.39 is 0 Å². The quantitative estimate of drug-likeness (QED) is 0.0357. The van der Waals surface area contributed by atoms with Crippen molar-refractivity contribution in [1.82, 2.24) is 0 Å². The Hall–Kier alpha value is -7.62. The number of nitrogens with zero attached hydrogens (tertiary/aromatic N) is 1. The van der Waals surface area contributed by atoms with Crippen molar-refractivity contribution in [2.75, 3.05) is 4.90 Å². The summed E-state index contributed by atoms with van der Waals surface area (Å²) >= 11 is 0. The van der Waals surface area contributed by atoms with Crippen molar-refractivity contribution in [3.8, 4) is 44.5 Å². The van der Waals surface area contributed by atoms with Gasteiger partial charge in [0.15, 0.2) is 0 Å². The molecular formula is C104H129NO2. The molecule has 0 saturated heterocycles. The Labute approximate surface area is 645 Å². The summed E-state index contributed by atoms with van der Waals surface area (Å²) in [6.45, 7) is 16.5. The SMILES string of the molecule is CCCCCCCCC1(CCCCCCCC)c2cc(N(c3ccc(C)cc3)c3ccc4c(c3)C(CCCCCCC)(CCCCCCC)c3cc(-c5ccccc5)c5oc6ccccc6c5c3-4)ccc2-c2cc3c(cc21)-c1c(ccc2oc4ccccc4c12)C3(CCCCCCCC)CCCCCCCC. The first-order chi connectivity index (χ1) is 52.8. The molecule has 2 heterocycles. The van der Waals surface area contributed by atoms with Crippen LogP contribution in [0.2, 0.25) is 0 Å². The van der Waals surface area contributed by atoms with Gasteiger partial charge in [-0.2, -0.15) is 0 Å². The van der Waals surface area contributed by atoms with Gasteiger partial charge in [-0.05, 0) is 191 Å². The van der Waals surface area contributed by atoms with Crippen LogP contribution in [0.15, 0.2) is 179 Å². The lowest BCUT2D eigenvalue weighted by Gasteiger charge is -2.36. The summed E-state index contributed by atoms with van der Waals surface area (Å²) in [7, 11) is 0. The summed E-state index contributed by atoms with van der Waals surface area (Å²) in [6, 6.07) is 67.9. The number of hydrogen-bond acceptors (Lipinski definition) is 3. The zero-order valence-corrected chi connectivity index (χ0v) is 67.2. The molecule has 0 saturated carbocycles. The van der Waals surface area contributed by atoms with E-state index in [0.29, 0.717) is 0 Å². The molecular weight excluding hydrogens is 1300 g/mol. The lowest BCUT2D eigenvalue weighted by atomic mass is 9.68. The number of unbranched alkanes of at least 4 members (excludes halogenated alkanes) is 28. The van der Waals surface area contributed by atoms with Gasteiger partial charge in [-0.3, -0.25) is 0 Å². The highest BCUT2D eigenvalue weighted by Crippen LogP contribution is 2.65. The maximum atomic E-state index is 7.18. The zero-order chi connectivity index (χ0) is 73.6. The minimum atomic E-state index is -0.205. The number of aryl methyl sites for hydroxylation is 1. The van der Waals surface area contributed by atoms with Crippen molar-refractivity contribution in [3.63, 3.8) is 0 Å². The third-order valence-corrected chi connectivity index (χ3v) is 26.4. The van der Waals surface area contributed by atoms with Gasteiger partial charge in [-0.1, -0.05) is 362 Å². The van der Waals surface area contributed by atoms with Gasteiger partial charge in [0.05, 0.1) is 0 Å². The molecule has 3 nitrogen and oxygen atoms in total. The van der Waals surface area contributed by atoms with Crippen LogP contribution in [0, 0.1) is 6.92 Å². The molecule has 0 fully saturated rings. The molecule has 562 valence electrons. The fraction of sp³-hybridized carbons (Fsp3) is 0.481. The molecule has 0 aliphatic heterocycles. The number of hydrogen-bond donors (Lipinski definition) is 0. The maximum Gasteiger partial charge on any atom is 0.143 e. The predicted molar refractivity (Wildman–Crippen MR) is 463 cm³/mol. The van der Waals surface area contributed by atoms with E-state index in [0.717, 1.165) is 48.0 Å². The Kier molecular flexibility index (Phi) is 25.5. The van der Waals surface area contributed by atoms with Gasteiger partial charge >= 0.3 is 0 Å². The summed E-state index contributed by atoms with van der Waals surface area (Å²) in [6.07, 6.45) is 50.6. The smallest absolute Gasteiger partial charge is 0.143 e. The minimum absolute atomic E-state index is 0.0962. The molecule has 9 aromatic carbocycles. The van der Waals surface area contributed by atoms with Gasteiger partial charge in [-0.15, -0.1) is 0 Å². The van der Waals surface area contributed by atoms with Crippen molar-refractivity contribution in [1.29, 1.82) is 0 Å². The molecule has 3 heteroatoms. The lowest BCUT2D eigenvalue weighted by Crippen LogP contribution is -2.27. The molecule has 0 bridgehead atoms. The third kappa shape index (κ3) is 15.4. The van der Waals surface area contributed by atoms with E-state index in [2.05, 4.69) is 223 Å². The molecule has 0 amide bonds. The van der Waals surface area contributed by atoms with E-state index in [1.807, 2.05) is 0 Å². The second-order valence-corrected chi connectivity index (χ2v) is 33.7. The number of anilines is 3. The van der Waals surface area contributed by atoms with Crippen molar-refractivity contribution in [2.45, 2.75) is 322 Å². The minimum Gasteiger partial charge on any atom is -0.456 e. The maximum absolute atomic E-state index is 7.18. The summed E-state index contributed by atoms with van der Waals surface area (Å²) in [5, 5.41) is 5.11. The standard InChI is InChI=1S/C104H129NO2/c1-8-14-20-26-32-45-65-102(66-46-33-27-21-15-9-2)88-63-64-96-99(83-51-39-41-53-94(83)106-96)98(88)87-75-91-86(74-92(87)102)81-61-59-79(71-89(81)103(91,67-47-34-28-22-16-10-3)68-48-35-29-23-17-11-4)105(78-57-55-76(7)56-58-78)80-60-62-82-90(72-80)104(69-43-30-24-18-12-5,70-44-31-25-19-13-6)93-73-85(77-49-37-36-38-50-77)101-100(97(82)93)84-52-40-42-54-95(84)107-101/h36-42,49-64,71-75H,8-35,43-48,65-70H2,1-7H3. The van der Waals surface area contributed by atoms with Gasteiger partial charge in [0.2, 0.25) is 0 Å². The fourth-order valence-corrected chi connectivity index (χ4v) is 20.7. The number of fused-ring (bicyclic) bond motifs is 17. The van der Waals surface area contributed by atoms with Crippen molar-refractivity contribution in [2.24, 2.45) is 0 Å². The van der Waals surface area contributed by atoms with Crippen LogP contribution < -0.4 is 4.90 Å². The molecule has 0 N–H and O–H groups in total. The molecule has 3 aliphatic carbocycles. The van der Waals surface area contributed by atoms with E-state index in [-0.39, 0.29) is 16.2 Å². The van der Waals surface area contributed by atoms with Crippen LogP contribution in [0.3, 0.4) is 0 Å². The molecule has 0 radical (unpaired) electrons. The van der Waals surface area contributed by atoms with Crippen molar-refractivity contribution >= 4 is 60.9 Å². The molecule has 0 spiro atoms. The molecule has 0 unspecified atom stereocenters. The van der Waals surface area contributed by atoms with Crippen LogP contribution in [0.5, 0.6) is 0 Å². The average Bonchev–Trinajstić information content (AvgIpc) is 1.54. The highest BCUT2D eigenvalue weighted by atomic mass is 16.3. The summed E-state index contributed by atoms with van der Waals surface area (Å²) < 4.78 is 14.2. The van der Waals surface area contributed by atoms with Crippen LogP contribution in [0.4, 0.5) is 17.1 Å². The summed E-state index contributed by atoms with van der Waals surface area (Å²) in [5.74, 6) is 0. The summed E-state index contributed by atoms with van der Waals surface area (Å²) in [4.78, 5) is 2.71. The van der Waals surface area contributed by atoms with E-state index >= 15 is 0 Å². The van der Waals surface area contributed by atoms with Crippen LogP contribution >= 0.6 is 0 Å². The van der Waals surface area contributed by atoms with Crippen LogP contribution in [-0.4, -0.2) is 0 Å². The van der Waals surface area contributed by atoms with Crippen LogP contribution in [0.25, 0.3) is 88.4 Å². The monoisotopic (exact) mass is 1420 g/mol.